The summed E-state index contributed by atoms with van der Waals surface area (Å²) in [5.41, 5.74) is -3.41. The van der Waals surface area contributed by atoms with Crippen molar-refractivity contribution in [2.45, 2.75) is 18.3 Å². The Morgan fingerprint density at radius 1 is 1.15 bits per heavy atom. The fourth-order valence-electron chi connectivity index (χ4n) is 2.65. The molecule has 0 saturated carbocycles. The van der Waals surface area contributed by atoms with Crippen LogP contribution in [0, 0.1) is 0 Å². The monoisotopic (exact) mass is 380 g/mol. The minimum atomic E-state index is -5.13. The summed E-state index contributed by atoms with van der Waals surface area (Å²) in [4.78, 5) is 12.6. The van der Waals surface area contributed by atoms with E-state index in [1.807, 2.05) is 0 Å². The minimum absolute atomic E-state index is 0.0406. The van der Waals surface area contributed by atoms with Gasteiger partial charge in [0.05, 0.1) is 19.2 Å². The number of carbonyl (C=O) groups excluding carboxylic acids is 1. The van der Waals surface area contributed by atoms with Crippen LogP contribution in [0.4, 0.5) is 13.2 Å². The first-order chi connectivity index (χ1) is 12.7. The fraction of sp³-hybridized carbons (Fsp3) is 0.222. The SMILES string of the molecule is COc1ccc(C2=NN(C(=O)c3ccc(O)cc3)[C@@](O)(C(F)(F)F)C2)cc1. The van der Waals surface area contributed by atoms with Crippen molar-refractivity contribution >= 4 is 11.6 Å². The highest BCUT2D eigenvalue weighted by molar-refractivity contribution is 6.05. The number of hydrogen-bond acceptors (Lipinski definition) is 5. The molecule has 1 atom stereocenters. The molecule has 1 heterocycles. The van der Waals surface area contributed by atoms with Crippen LogP contribution in [0.25, 0.3) is 0 Å². The summed E-state index contributed by atoms with van der Waals surface area (Å²) in [6, 6.07) is 10.7. The van der Waals surface area contributed by atoms with E-state index in [1.165, 1.54) is 31.4 Å². The molecule has 1 aliphatic rings. The quantitative estimate of drug-likeness (QED) is 0.858. The first kappa shape index (κ1) is 18.7. The van der Waals surface area contributed by atoms with Crippen molar-refractivity contribution in [3.8, 4) is 11.5 Å². The molecule has 0 radical (unpaired) electrons. The van der Waals surface area contributed by atoms with Gasteiger partial charge in [-0.05, 0) is 54.1 Å². The van der Waals surface area contributed by atoms with Crippen LogP contribution in [0.15, 0.2) is 53.6 Å². The number of nitrogens with zero attached hydrogens (tertiary/aromatic N) is 2. The zero-order chi connectivity index (χ0) is 19.8. The Morgan fingerprint density at radius 2 is 1.74 bits per heavy atom. The molecule has 0 spiro atoms. The largest absolute Gasteiger partial charge is 0.508 e. The number of amides is 1. The molecule has 0 unspecified atom stereocenters. The number of phenolic OH excluding ortho intramolecular Hbond substituents is 1. The molecule has 0 aromatic heterocycles. The van der Waals surface area contributed by atoms with Gasteiger partial charge in [-0.1, -0.05) is 0 Å². The van der Waals surface area contributed by atoms with Crippen LogP contribution in [0.1, 0.15) is 22.3 Å². The van der Waals surface area contributed by atoms with E-state index in [1.54, 1.807) is 0 Å². The van der Waals surface area contributed by atoms with Crippen LogP contribution in [-0.4, -0.2) is 45.9 Å². The number of hydrogen-bond donors (Lipinski definition) is 2. The summed E-state index contributed by atoms with van der Waals surface area (Å²) in [7, 11) is 1.45. The molecule has 0 bridgehead atoms. The number of ether oxygens (including phenoxy) is 1. The molecule has 2 N–H and O–H groups in total. The highest BCUT2D eigenvalue weighted by atomic mass is 19.4. The molecule has 1 aliphatic heterocycles. The maximum Gasteiger partial charge on any atom is 0.438 e. The number of aromatic hydroxyl groups is 1. The number of rotatable bonds is 3. The first-order valence-electron chi connectivity index (χ1n) is 7.80. The van der Waals surface area contributed by atoms with Crippen LogP contribution >= 0.6 is 0 Å². The molecule has 142 valence electrons. The van der Waals surface area contributed by atoms with Crippen molar-refractivity contribution in [3.63, 3.8) is 0 Å². The Kier molecular flexibility index (Phi) is 4.56. The Balaban J connectivity index is 2.01. The second-order valence-electron chi connectivity index (χ2n) is 5.93. The molecule has 3 rings (SSSR count). The Hall–Kier alpha value is -3.07. The molecule has 6 nitrogen and oxygen atoms in total. The van der Waals surface area contributed by atoms with E-state index >= 15 is 0 Å². The van der Waals surface area contributed by atoms with E-state index in [0.717, 1.165) is 24.3 Å². The zero-order valence-corrected chi connectivity index (χ0v) is 14.1. The molecule has 2 aromatic rings. The summed E-state index contributed by atoms with van der Waals surface area (Å²) in [6.07, 6.45) is -6.04. The molecular formula is C18H15F3N2O4. The van der Waals surface area contributed by atoms with Crippen molar-refractivity contribution < 1.29 is 32.9 Å². The Bertz CT molecular complexity index is 879. The molecule has 0 fully saturated rings. The Morgan fingerprint density at radius 3 is 2.26 bits per heavy atom. The van der Waals surface area contributed by atoms with E-state index in [-0.39, 0.29) is 22.0 Å². The van der Waals surface area contributed by atoms with E-state index in [9.17, 15) is 28.2 Å². The van der Waals surface area contributed by atoms with Crippen LogP contribution in [-0.2, 0) is 0 Å². The van der Waals surface area contributed by atoms with Gasteiger partial charge in [-0.2, -0.15) is 23.3 Å². The number of aliphatic hydroxyl groups is 1. The number of phenols is 1. The van der Waals surface area contributed by atoms with Crippen molar-refractivity contribution in [2.75, 3.05) is 7.11 Å². The second kappa shape index (κ2) is 6.58. The second-order valence-corrected chi connectivity index (χ2v) is 5.93. The van der Waals surface area contributed by atoms with Gasteiger partial charge in [-0.15, -0.1) is 0 Å². The van der Waals surface area contributed by atoms with Gasteiger partial charge < -0.3 is 14.9 Å². The van der Waals surface area contributed by atoms with Gasteiger partial charge in [0, 0.05) is 5.56 Å². The minimum Gasteiger partial charge on any atom is -0.508 e. The standard InChI is InChI=1S/C18H15F3N2O4/c1-27-14-8-4-11(5-9-14)15-10-17(26,18(19,20)21)23(22-15)16(25)12-2-6-13(24)7-3-12/h2-9,24,26H,10H2,1H3/t17-/m0/s1. The lowest BCUT2D eigenvalue weighted by Crippen LogP contribution is -2.56. The van der Waals surface area contributed by atoms with Gasteiger partial charge in [0.1, 0.15) is 11.5 Å². The maximum atomic E-state index is 13.6. The van der Waals surface area contributed by atoms with Crippen LogP contribution in [0.3, 0.4) is 0 Å². The lowest BCUT2D eigenvalue weighted by atomic mass is 10.0. The predicted octanol–water partition coefficient (Wildman–Crippen LogP) is 2.90. The third-order valence-corrected chi connectivity index (χ3v) is 4.17. The van der Waals surface area contributed by atoms with Crippen molar-refractivity contribution in [3.05, 3.63) is 59.7 Å². The van der Waals surface area contributed by atoms with Gasteiger partial charge in [-0.3, -0.25) is 4.79 Å². The zero-order valence-electron chi connectivity index (χ0n) is 14.1. The summed E-state index contributed by atoms with van der Waals surface area (Å²) >= 11 is 0. The van der Waals surface area contributed by atoms with Gasteiger partial charge in [0.15, 0.2) is 0 Å². The molecule has 27 heavy (non-hydrogen) atoms. The number of methoxy groups -OCH3 is 1. The number of carbonyl (C=O) groups is 1. The third kappa shape index (κ3) is 3.33. The molecule has 0 saturated heterocycles. The topological polar surface area (TPSA) is 82.4 Å². The lowest BCUT2D eigenvalue weighted by molar-refractivity contribution is -0.297. The molecule has 9 heteroatoms. The highest BCUT2D eigenvalue weighted by Gasteiger charge is 2.63. The van der Waals surface area contributed by atoms with Gasteiger partial charge in [0.2, 0.25) is 0 Å². The highest BCUT2D eigenvalue weighted by Crippen LogP contribution is 2.42. The van der Waals surface area contributed by atoms with E-state index in [2.05, 4.69) is 5.10 Å². The van der Waals surface area contributed by atoms with Gasteiger partial charge in [0.25, 0.3) is 11.6 Å². The first-order valence-corrected chi connectivity index (χ1v) is 7.80. The molecule has 2 aromatic carbocycles. The average Bonchev–Trinajstić information content (AvgIpc) is 3.01. The molecule has 0 aliphatic carbocycles. The maximum absolute atomic E-state index is 13.6. The average molecular weight is 380 g/mol. The van der Waals surface area contributed by atoms with Crippen molar-refractivity contribution in [2.24, 2.45) is 5.10 Å². The number of benzene rings is 2. The number of hydrazone groups is 1. The third-order valence-electron chi connectivity index (χ3n) is 4.17. The van der Waals surface area contributed by atoms with E-state index < -0.39 is 24.2 Å². The normalized spacial score (nSPS) is 19.7. The molecule has 1 amide bonds. The summed E-state index contributed by atoms with van der Waals surface area (Å²) in [5.74, 6) is -0.791. The number of alkyl halides is 3. The van der Waals surface area contributed by atoms with Gasteiger partial charge in [-0.25, -0.2) is 0 Å². The van der Waals surface area contributed by atoms with Gasteiger partial charge >= 0.3 is 6.18 Å². The summed E-state index contributed by atoms with van der Waals surface area (Å²) < 4.78 is 45.7. The van der Waals surface area contributed by atoms with E-state index in [4.69, 9.17) is 4.74 Å². The smallest absolute Gasteiger partial charge is 0.438 e. The van der Waals surface area contributed by atoms with Crippen LogP contribution in [0.5, 0.6) is 11.5 Å². The van der Waals surface area contributed by atoms with Crippen molar-refractivity contribution in [1.29, 1.82) is 0 Å². The summed E-state index contributed by atoms with van der Waals surface area (Å²) in [6.45, 7) is 0. The Labute approximate surface area is 152 Å². The number of halogens is 3. The summed E-state index contributed by atoms with van der Waals surface area (Å²) in [5, 5.41) is 23.4. The fourth-order valence-corrected chi connectivity index (χ4v) is 2.65. The van der Waals surface area contributed by atoms with Crippen molar-refractivity contribution in [1.82, 2.24) is 5.01 Å². The van der Waals surface area contributed by atoms with E-state index in [0.29, 0.717) is 11.3 Å². The predicted molar refractivity (Wildman–Crippen MR) is 89.4 cm³/mol. The van der Waals surface area contributed by atoms with Crippen LogP contribution in [0.2, 0.25) is 0 Å². The van der Waals surface area contributed by atoms with Crippen LogP contribution < -0.4 is 4.74 Å². The lowest BCUT2D eigenvalue weighted by Gasteiger charge is -2.32. The molecular weight excluding hydrogens is 365 g/mol.